The molecule has 1 aromatic carbocycles. The third-order valence-corrected chi connectivity index (χ3v) is 2.69. The Bertz CT molecular complexity index is 423. The highest BCUT2D eigenvalue weighted by atomic mass is 16.6. The van der Waals surface area contributed by atoms with Crippen molar-refractivity contribution in [3.8, 4) is 5.75 Å². The van der Waals surface area contributed by atoms with E-state index in [2.05, 4.69) is 5.32 Å². The number of ether oxygens (including phenoxy) is 1. The lowest BCUT2D eigenvalue weighted by Crippen LogP contribution is -2.12. The van der Waals surface area contributed by atoms with E-state index in [4.69, 9.17) is 4.74 Å². The van der Waals surface area contributed by atoms with Crippen LogP contribution in [-0.4, -0.2) is 29.3 Å². The summed E-state index contributed by atoms with van der Waals surface area (Å²) in [4.78, 5) is 10.4. The molecule has 6 heteroatoms. The highest BCUT2D eigenvalue weighted by Crippen LogP contribution is 2.26. The summed E-state index contributed by atoms with van der Waals surface area (Å²) >= 11 is 0. The average molecular weight is 268 g/mol. The molecule has 0 aromatic heterocycles. The van der Waals surface area contributed by atoms with Gasteiger partial charge in [-0.15, -0.1) is 0 Å². The summed E-state index contributed by atoms with van der Waals surface area (Å²) in [6.07, 6.45) is 0.946. The SMILES string of the molecule is CCOc1cc(NCCC(O)CC)cc([N+](=O)[O-])c1. The van der Waals surface area contributed by atoms with Crippen molar-refractivity contribution in [2.45, 2.75) is 32.8 Å². The van der Waals surface area contributed by atoms with Gasteiger partial charge in [-0.1, -0.05) is 6.92 Å². The van der Waals surface area contributed by atoms with Gasteiger partial charge in [0.15, 0.2) is 0 Å². The molecule has 1 rings (SSSR count). The third-order valence-electron chi connectivity index (χ3n) is 2.69. The lowest BCUT2D eigenvalue weighted by Gasteiger charge is -2.11. The molecule has 0 amide bonds. The van der Waals surface area contributed by atoms with Gasteiger partial charge in [-0.25, -0.2) is 0 Å². The first-order valence-electron chi connectivity index (χ1n) is 6.41. The highest BCUT2D eigenvalue weighted by Gasteiger charge is 2.10. The zero-order chi connectivity index (χ0) is 14.3. The summed E-state index contributed by atoms with van der Waals surface area (Å²) in [5.74, 6) is 0.468. The molecule has 0 heterocycles. The van der Waals surface area contributed by atoms with Gasteiger partial charge in [-0.05, 0) is 19.8 Å². The number of benzene rings is 1. The maximum Gasteiger partial charge on any atom is 0.275 e. The van der Waals surface area contributed by atoms with Gasteiger partial charge in [-0.2, -0.15) is 0 Å². The maximum atomic E-state index is 10.8. The van der Waals surface area contributed by atoms with Crippen LogP contribution in [0.1, 0.15) is 26.7 Å². The number of nitrogens with one attached hydrogen (secondary N) is 1. The number of aliphatic hydroxyl groups excluding tert-OH is 1. The fourth-order valence-corrected chi connectivity index (χ4v) is 1.63. The van der Waals surface area contributed by atoms with Crippen molar-refractivity contribution in [3.63, 3.8) is 0 Å². The van der Waals surface area contributed by atoms with Gasteiger partial charge < -0.3 is 15.2 Å². The molecule has 0 spiro atoms. The van der Waals surface area contributed by atoms with E-state index in [1.807, 2.05) is 13.8 Å². The molecule has 0 saturated heterocycles. The van der Waals surface area contributed by atoms with Gasteiger partial charge in [0.25, 0.3) is 5.69 Å². The number of hydrogen-bond donors (Lipinski definition) is 2. The van der Waals surface area contributed by atoms with Crippen LogP contribution in [0.15, 0.2) is 18.2 Å². The van der Waals surface area contributed by atoms with E-state index >= 15 is 0 Å². The first kappa shape index (κ1) is 15.2. The van der Waals surface area contributed by atoms with Crippen LogP contribution in [0.4, 0.5) is 11.4 Å². The second-order valence-corrected chi connectivity index (χ2v) is 4.18. The van der Waals surface area contributed by atoms with Crippen molar-refractivity contribution in [3.05, 3.63) is 28.3 Å². The highest BCUT2D eigenvalue weighted by molar-refractivity contribution is 5.56. The molecule has 0 aliphatic heterocycles. The Kier molecular flexibility index (Phi) is 6.08. The fourth-order valence-electron chi connectivity index (χ4n) is 1.63. The van der Waals surface area contributed by atoms with Gasteiger partial charge in [0.05, 0.1) is 23.7 Å². The number of nitrogens with zero attached hydrogens (tertiary/aromatic N) is 1. The minimum atomic E-state index is -0.450. The van der Waals surface area contributed by atoms with Crippen molar-refractivity contribution in [2.75, 3.05) is 18.5 Å². The van der Waals surface area contributed by atoms with Crippen LogP contribution in [0.25, 0.3) is 0 Å². The molecule has 0 aliphatic carbocycles. The maximum absolute atomic E-state index is 10.8. The van der Waals surface area contributed by atoms with Crippen LogP contribution in [0.2, 0.25) is 0 Å². The molecule has 106 valence electrons. The number of rotatable bonds is 8. The Morgan fingerprint density at radius 1 is 1.42 bits per heavy atom. The van der Waals surface area contributed by atoms with Crippen LogP contribution in [0.5, 0.6) is 5.75 Å². The van der Waals surface area contributed by atoms with Crippen LogP contribution in [-0.2, 0) is 0 Å². The molecule has 0 bridgehead atoms. The Labute approximate surface area is 112 Å². The van der Waals surface area contributed by atoms with E-state index in [-0.39, 0.29) is 11.8 Å². The van der Waals surface area contributed by atoms with Crippen LogP contribution < -0.4 is 10.1 Å². The molecule has 1 unspecified atom stereocenters. The minimum Gasteiger partial charge on any atom is -0.494 e. The monoisotopic (exact) mass is 268 g/mol. The van der Waals surface area contributed by atoms with E-state index < -0.39 is 4.92 Å². The second-order valence-electron chi connectivity index (χ2n) is 4.18. The number of hydrogen-bond acceptors (Lipinski definition) is 5. The average Bonchev–Trinajstić information content (AvgIpc) is 2.38. The van der Waals surface area contributed by atoms with Gasteiger partial charge in [-0.3, -0.25) is 10.1 Å². The van der Waals surface area contributed by atoms with Crippen molar-refractivity contribution in [1.82, 2.24) is 0 Å². The predicted octanol–water partition coefficient (Wildman–Crippen LogP) is 2.57. The number of nitro groups is 1. The molecule has 0 fully saturated rings. The quantitative estimate of drug-likeness (QED) is 0.559. The van der Waals surface area contributed by atoms with Crippen molar-refractivity contribution in [1.29, 1.82) is 0 Å². The Morgan fingerprint density at radius 2 is 2.16 bits per heavy atom. The number of non-ortho nitro benzene ring substituents is 1. The van der Waals surface area contributed by atoms with Crippen LogP contribution >= 0.6 is 0 Å². The predicted molar refractivity (Wildman–Crippen MR) is 73.7 cm³/mol. The summed E-state index contributed by atoms with van der Waals surface area (Å²) in [6, 6.07) is 4.57. The smallest absolute Gasteiger partial charge is 0.275 e. The minimum absolute atomic E-state index is 0.00973. The molecule has 19 heavy (non-hydrogen) atoms. The Morgan fingerprint density at radius 3 is 2.74 bits per heavy atom. The molecule has 2 N–H and O–H groups in total. The summed E-state index contributed by atoms with van der Waals surface area (Å²) in [5.41, 5.74) is 0.616. The van der Waals surface area contributed by atoms with Gasteiger partial charge in [0, 0.05) is 24.4 Å². The molecule has 0 aliphatic rings. The first-order valence-corrected chi connectivity index (χ1v) is 6.41. The number of nitro benzene ring substituents is 1. The van der Waals surface area contributed by atoms with Crippen molar-refractivity contribution >= 4 is 11.4 Å². The summed E-state index contributed by atoms with van der Waals surface area (Å²) < 4.78 is 5.29. The van der Waals surface area contributed by atoms with E-state index in [0.717, 1.165) is 0 Å². The summed E-state index contributed by atoms with van der Waals surface area (Å²) in [5, 5.41) is 23.3. The third kappa shape index (κ3) is 5.13. The normalized spacial score (nSPS) is 11.9. The second kappa shape index (κ2) is 7.58. The van der Waals surface area contributed by atoms with Gasteiger partial charge in [0.1, 0.15) is 5.75 Å². The van der Waals surface area contributed by atoms with E-state index in [0.29, 0.717) is 37.4 Å². The standard InChI is InChI=1S/C13H20N2O4/c1-3-12(16)5-6-14-10-7-11(15(17)18)9-13(8-10)19-4-2/h7-9,12,14,16H,3-6H2,1-2H3. The zero-order valence-corrected chi connectivity index (χ0v) is 11.3. The van der Waals surface area contributed by atoms with Crippen LogP contribution in [0.3, 0.4) is 0 Å². The number of anilines is 1. The molecule has 0 saturated carbocycles. The number of aliphatic hydroxyl groups is 1. The molecule has 1 aromatic rings. The van der Waals surface area contributed by atoms with E-state index in [1.165, 1.54) is 12.1 Å². The fraction of sp³-hybridized carbons (Fsp3) is 0.538. The lowest BCUT2D eigenvalue weighted by molar-refractivity contribution is -0.384. The molecular weight excluding hydrogens is 248 g/mol. The molecule has 6 nitrogen and oxygen atoms in total. The molecular formula is C13H20N2O4. The molecule has 0 radical (unpaired) electrons. The summed E-state index contributed by atoms with van der Waals surface area (Å²) in [7, 11) is 0. The Hall–Kier alpha value is -1.82. The topological polar surface area (TPSA) is 84.6 Å². The Balaban J connectivity index is 2.73. The van der Waals surface area contributed by atoms with Crippen LogP contribution in [0, 0.1) is 10.1 Å². The van der Waals surface area contributed by atoms with E-state index in [1.54, 1.807) is 6.07 Å². The lowest BCUT2D eigenvalue weighted by atomic mass is 10.2. The first-order chi connectivity index (χ1) is 9.06. The summed E-state index contributed by atoms with van der Waals surface area (Å²) in [6.45, 7) is 4.74. The van der Waals surface area contributed by atoms with Gasteiger partial charge >= 0.3 is 0 Å². The van der Waals surface area contributed by atoms with E-state index in [9.17, 15) is 15.2 Å². The zero-order valence-electron chi connectivity index (χ0n) is 11.3. The van der Waals surface area contributed by atoms with Crippen molar-refractivity contribution < 1.29 is 14.8 Å². The van der Waals surface area contributed by atoms with Gasteiger partial charge in [0.2, 0.25) is 0 Å². The molecule has 1 atom stereocenters. The van der Waals surface area contributed by atoms with Crippen molar-refractivity contribution in [2.24, 2.45) is 0 Å². The largest absolute Gasteiger partial charge is 0.494 e.